The molecule has 0 spiro atoms. The lowest BCUT2D eigenvalue weighted by molar-refractivity contribution is 0.335. The minimum absolute atomic E-state index is 0.439. The molecule has 0 saturated carbocycles. The highest BCUT2D eigenvalue weighted by Crippen LogP contribution is 2.29. The summed E-state index contributed by atoms with van der Waals surface area (Å²) in [5.41, 5.74) is 4.29. The number of benzene rings is 1. The summed E-state index contributed by atoms with van der Waals surface area (Å²) < 4.78 is 0. The van der Waals surface area contributed by atoms with Crippen LogP contribution in [0.15, 0.2) is 48.7 Å². The second kappa shape index (κ2) is 4.97. The second-order valence-electron chi connectivity index (χ2n) is 4.02. The van der Waals surface area contributed by atoms with Crippen LogP contribution in [0.5, 0.6) is 0 Å². The summed E-state index contributed by atoms with van der Waals surface area (Å²) in [4.78, 5) is 0. The van der Waals surface area contributed by atoms with Crippen molar-refractivity contribution < 1.29 is 0 Å². The molecule has 0 amide bonds. The van der Waals surface area contributed by atoms with E-state index in [9.17, 15) is 0 Å². The normalized spacial score (nSPS) is 25.6. The van der Waals surface area contributed by atoms with Crippen molar-refractivity contribution in [2.24, 2.45) is 5.92 Å². The van der Waals surface area contributed by atoms with Gasteiger partial charge in [0.05, 0.1) is 0 Å². The third-order valence-electron chi connectivity index (χ3n) is 3.00. The van der Waals surface area contributed by atoms with Crippen LogP contribution in [0, 0.1) is 5.92 Å². The van der Waals surface area contributed by atoms with Crippen molar-refractivity contribution >= 4 is 0 Å². The predicted molar refractivity (Wildman–Crippen MR) is 63.6 cm³/mol. The Morgan fingerprint density at radius 3 is 2.87 bits per heavy atom. The van der Waals surface area contributed by atoms with E-state index in [-0.39, 0.29) is 0 Å². The zero-order valence-electron chi connectivity index (χ0n) is 8.95. The van der Waals surface area contributed by atoms with E-state index in [0.717, 1.165) is 6.54 Å². The molecule has 1 heteroatoms. The number of hydrogen-bond donors (Lipinski definition) is 1. The van der Waals surface area contributed by atoms with Gasteiger partial charge in [-0.25, -0.2) is 0 Å². The molecule has 15 heavy (non-hydrogen) atoms. The average Bonchev–Trinajstić information content (AvgIpc) is 2.31. The lowest BCUT2D eigenvalue weighted by Gasteiger charge is -2.30. The fourth-order valence-corrected chi connectivity index (χ4v) is 2.27. The average molecular weight is 199 g/mol. The molecule has 1 N–H and O–H groups in total. The lowest BCUT2D eigenvalue weighted by atomic mass is 9.86. The Bertz CT molecular complexity index is 349. The maximum Gasteiger partial charge on any atom is 0.0389 e. The van der Waals surface area contributed by atoms with Crippen molar-refractivity contribution in [2.75, 3.05) is 6.54 Å². The van der Waals surface area contributed by atoms with Crippen LogP contribution >= 0.6 is 0 Å². The molecule has 1 aliphatic rings. The van der Waals surface area contributed by atoms with Gasteiger partial charge in [0.1, 0.15) is 0 Å². The first-order valence-corrected chi connectivity index (χ1v) is 5.56. The van der Waals surface area contributed by atoms with Gasteiger partial charge in [-0.1, -0.05) is 36.9 Å². The Hall–Kier alpha value is -1.30. The molecule has 1 fully saturated rings. The number of rotatable bonds is 2. The van der Waals surface area contributed by atoms with E-state index in [1.165, 1.54) is 18.4 Å². The third kappa shape index (κ3) is 2.38. The Balaban J connectivity index is 2.21. The highest BCUT2D eigenvalue weighted by molar-refractivity contribution is 5.21. The Kier molecular flexibility index (Phi) is 3.39. The first kappa shape index (κ1) is 10.2. The Morgan fingerprint density at radius 2 is 2.13 bits per heavy atom. The van der Waals surface area contributed by atoms with Crippen LogP contribution in [0.4, 0.5) is 0 Å². The van der Waals surface area contributed by atoms with Gasteiger partial charge in [-0.15, -0.1) is 5.73 Å². The summed E-state index contributed by atoms with van der Waals surface area (Å²) >= 11 is 0. The maximum absolute atomic E-state index is 3.67. The van der Waals surface area contributed by atoms with Gasteiger partial charge in [-0.2, -0.15) is 0 Å². The molecule has 1 aromatic carbocycles. The van der Waals surface area contributed by atoms with E-state index in [4.69, 9.17) is 0 Å². The molecule has 1 saturated heterocycles. The first-order valence-electron chi connectivity index (χ1n) is 5.56. The fraction of sp³-hybridized carbons (Fsp3) is 0.357. The lowest BCUT2D eigenvalue weighted by Crippen LogP contribution is -2.33. The predicted octanol–water partition coefficient (Wildman–Crippen LogP) is 3.07. The monoisotopic (exact) mass is 199 g/mol. The van der Waals surface area contributed by atoms with Crippen LogP contribution < -0.4 is 5.32 Å². The Morgan fingerprint density at radius 1 is 1.33 bits per heavy atom. The van der Waals surface area contributed by atoms with Crippen molar-refractivity contribution in [2.45, 2.75) is 18.9 Å². The van der Waals surface area contributed by atoms with Crippen molar-refractivity contribution in [1.82, 2.24) is 5.32 Å². The molecule has 1 aliphatic heterocycles. The van der Waals surface area contributed by atoms with E-state index in [1.54, 1.807) is 0 Å². The smallest absolute Gasteiger partial charge is 0.0389 e. The van der Waals surface area contributed by atoms with Gasteiger partial charge >= 0.3 is 0 Å². The molecule has 0 radical (unpaired) electrons. The van der Waals surface area contributed by atoms with E-state index in [2.05, 4.69) is 54.0 Å². The van der Waals surface area contributed by atoms with Crippen molar-refractivity contribution in [3.63, 3.8) is 0 Å². The van der Waals surface area contributed by atoms with Crippen molar-refractivity contribution in [3.05, 3.63) is 54.3 Å². The van der Waals surface area contributed by atoms with Gasteiger partial charge in [-0.05, 0) is 31.0 Å². The summed E-state index contributed by atoms with van der Waals surface area (Å²) in [6.07, 6.45) is 4.57. The van der Waals surface area contributed by atoms with Crippen molar-refractivity contribution in [1.29, 1.82) is 0 Å². The fourth-order valence-electron chi connectivity index (χ4n) is 2.27. The first-order chi connectivity index (χ1) is 7.42. The van der Waals surface area contributed by atoms with Crippen LogP contribution in [0.25, 0.3) is 0 Å². The van der Waals surface area contributed by atoms with Gasteiger partial charge in [0.25, 0.3) is 0 Å². The standard InChI is InChI=1S/C14H17N/c1-2-7-12-10-6-11-15-14(12)13-8-4-3-5-9-13/h3-5,7-9,12,14-15H,1,6,10-11H2/t12-,14+/m0/s1. The molecule has 0 aromatic heterocycles. The van der Waals surface area contributed by atoms with Crippen LogP contribution in [0.1, 0.15) is 24.4 Å². The molecule has 0 aliphatic carbocycles. The molecule has 2 rings (SSSR count). The van der Waals surface area contributed by atoms with E-state index < -0.39 is 0 Å². The summed E-state index contributed by atoms with van der Waals surface area (Å²) in [6.45, 7) is 4.79. The molecule has 78 valence electrons. The molecule has 0 bridgehead atoms. The molecule has 1 nitrogen and oxygen atoms in total. The summed E-state index contributed by atoms with van der Waals surface area (Å²) in [5.74, 6) is 0.540. The van der Waals surface area contributed by atoms with Gasteiger partial charge in [0, 0.05) is 12.0 Å². The van der Waals surface area contributed by atoms with Gasteiger partial charge in [0.2, 0.25) is 0 Å². The highest BCUT2D eigenvalue weighted by atomic mass is 14.9. The van der Waals surface area contributed by atoms with Crippen LogP contribution in [-0.2, 0) is 0 Å². The molecule has 1 aromatic rings. The zero-order chi connectivity index (χ0) is 10.5. The molecule has 2 atom stereocenters. The number of hydrogen-bond acceptors (Lipinski definition) is 1. The summed E-state index contributed by atoms with van der Waals surface area (Å²) in [7, 11) is 0. The van der Waals surface area contributed by atoms with Crippen LogP contribution in [0.2, 0.25) is 0 Å². The third-order valence-corrected chi connectivity index (χ3v) is 3.00. The second-order valence-corrected chi connectivity index (χ2v) is 4.02. The minimum atomic E-state index is 0.439. The molecule has 0 unspecified atom stereocenters. The highest BCUT2D eigenvalue weighted by Gasteiger charge is 2.23. The molecular formula is C14H17N. The van der Waals surface area contributed by atoms with Crippen molar-refractivity contribution in [3.8, 4) is 0 Å². The van der Waals surface area contributed by atoms with Crippen LogP contribution in [0.3, 0.4) is 0 Å². The Labute approximate surface area is 91.5 Å². The van der Waals surface area contributed by atoms with E-state index >= 15 is 0 Å². The quantitative estimate of drug-likeness (QED) is 0.722. The number of nitrogens with one attached hydrogen (secondary N) is 1. The van der Waals surface area contributed by atoms with E-state index in [1.807, 2.05) is 0 Å². The molecular weight excluding hydrogens is 182 g/mol. The van der Waals surface area contributed by atoms with Gasteiger partial charge < -0.3 is 5.32 Å². The topological polar surface area (TPSA) is 12.0 Å². The summed E-state index contributed by atoms with van der Waals surface area (Å²) in [5, 5.41) is 3.57. The van der Waals surface area contributed by atoms with Gasteiger partial charge in [0.15, 0.2) is 0 Å². The maximum atomic E-state index is 3.67. The minimum Gasteiger partial charge on any atom is -0.309 e. The number of piperidine rings is 1. The van der Waals surface area contributed by atoms with Crippen LogP contribution in [-0.4, -0.2) is 6.54 Å². The molecule has 1 heterocycles. The summed E-state index contributed by atoms with van der Waals surface area (Å²) in [6, 6.07) is 11.1. The zero-order valence-corrected chi connectivity index (χ0v) is 8.95. The largest absolute Gasteiger partial charge is 0.309 e. The van der Waals surface area contributed by atoms with E-state index in [0.29, 0.717) is 12.0 Å². The van der Waals surface area contributed by atoms with Gasteiger partial charge in [-0.3, -0.25) is 0 Å². The SMILES string of the molecule is C=C=C[C@H]1CCCN[C@H]1c1ccccc1.